The van der Waals surface area contributed by atoms with Gasteiger partial charge in [0, 0.05) is 18.2 Å². The first-order valence-corrected chi connectivity index (χ1v) is 9.32. The molecule has 0 spiro atoms. The predicted molar refractivity (Wildman–Crippen MR) is 86.4 cm³/mol. The van der Waals surface area contributed by atoms with Crippen LogP contribution in [0.2, 0.25) is 0 Å². The van der Waals surface area contributed by atoms with Crippen molar-refractivity contribution in [3.63, 3.8) is 0 Å². The first kappa shape index (κ1) is 19.1. The summed E-state index contributed by atoms with van der Waals surface area (Å²) in [5.41, 5.74) is 0.366. The zero-order valence-electron chi connectivity index (χ0n) is 13.4. The fourth-order valence-electron chi connectivity index (χ4n) is 2.05. The van der Waals surface area contributed by atoms with Gasteiger partial charge in [-0.25, -0.2) is 12.8 Å². The van der Waals surface area contributed by atoms with Crippen molar-refractivity contribution in [2.24, 2.45) is 0 Å². The number of sulfone groups is 1. The number of benzene rings is 1. The highest BCUT2D eigenvalue weighted by atomic mass is 32.2. The zero-order valence-corrected chi connectivity index (χ0v) is 14.2. The number of halogens is 1. The van der Waals surface area contributed by atoms with Crippen LogP contribution in [0.4, 0.5) is 4.39 Å². The molecule has 3 atom stereocenters. The van der Waals surface area contributed by atoms with Crippen LogP contribution in [0.5, 0.6) is 0 Å². The van der Waals surface area contributed by atoms with Crippen molar-refractivity contribution in [3.05, 3.63) is 29.8 Å². The van der Waals surface area contributed by atoms with Crippen molar-refractivity contribution in [3.8, 4) is 0 Å². The number of hydrogen-bond acceptors (Lipinski definition) is 4. The lowest BCUT2D eigenvalue weighted by Gasteiger charge is -2.20. The molecule has 0 aliphatic heterocycles. The molecule has 3 unspecified atom stereocenters. The number of hydrogen-bond donors (Lipinski definition) is 2. The summed E-state index contributed by atoms with van der Waals surface area (Å²) in [4.78, 5) is 0.165. The summed E-state index contributed by atoms with van der Waals surface area (Å²) >= 11 is 0. The molecular formula is C16H26FNO3S. The van der Waals surface area contributed by atoms with Gasteiger partial charge in [0.25, 0.3) is 0 Å². The molecule has 1 aromatic carbocycles. The van der Waals surface area contributed by atoms with E-state index in [2.05, 4.69) is 5.32 Å². The number of rotatable bonds is 9. The van der Waals surface area contributed by atoms with Crippen LogP contribution in [-0.4, -0.2) is 38.0 Å². The lowest BCUT2D eigenvalue weighted by Crippen LogP contribution is -2.36. The van der Waals surface area contributed by atoms with E-state index < -0.39 is 28.2 Å². The van der Waals surface area contributed by atoms with Crippen LogP contribution in [0.1, 0.15) is 45.3 Å². The molecule has 0 saturated heterocycles. The third-order valence-electron chi connectivity index (χ3n) is 3.70. The number of alkyl halides is 1. The van der Waals surface area contributed by atoms with Gasteiger partial charge in [0.1, 0.15) is 6.17 Å². The number of aliphatic hydroxyl groups is 1. The molecule has 0 bridgehead atoms. The van der Waals surface area contributed by atoms with Crippen LogP contribution in [0.15, 0.2) is 29.2 Å². The molecule has 4 nitrogen and oxygen atoms in total. The van der Waals surface area contributed by atoms with Gasteiger partial charge in [-0.15, -0.1) is 0 Å². The number of nitrogens with one attached hydrogen (secondary N) is 1. The second kappa shape index (κ2) is 8.60. The van der Waals surface area contributed by atoms with Gasteiger partial charge < -0.3 is 10.4 Å². The molecule has 0 amide bonds. The highest BCUT2D eigenvalue weighted by molar-refractivity contribution is 7.91. The first-order chi connectivity index (χ1) is 10.3. The van der Waals surface area contributed by atoms with Crippen LogP contribution in [0, 0.1) is 0 Å². The van der Waals surface area contributed by atoms with Crippen LogP contribution in [-0.2, 0) is 9.84 Å². The molecule has 2 N–H and O–H groups in total. The minimum Gasteiger partial charge on any atom is -0.387 e. The minimum atomic E-state index is -3.41. The number of unbranched alkanes of at least 4 members (excludes halogenated alkanes) is 1. The van der Waals surface area contributed by atoms with Gasteiger partial charge in [-0.05, 0) is 26.3 Å². The van der Waals surface area contributed by atoms with E-state index in [1.807, 2.05) is 6.92 Å². The van der Waals surface area contributed by atoms with Crippen LogP contribution in [0.25, 0.3) is 0 Å². The van der Waals surface area contributed by atoms with E-state index in [4.69, 9.17) is 0 Å². The Balaban J connectivity index is 2.91. The van der Waals surface area contributed by atoms with E-state index in [-0.39, 0.29) is 17.2 Å². The molecule has 6 heteroatoms. The van der Waals surface area contributed by atoms with Gasteiger partial charge in [-0.2, -0.15) is 0 Å². The highest BCUT2D eigenvalue weighted by Crippen LogP contribution is 2.24. The summed E-state index contributed by atoms with van der Waals surface area (Å²) in [5.74, 6) is 0.0680. The fourth-order valence-corrected chi connectivity index (χ4v) is 3.79. The average Bonchev–Trinajstić information content (AvgIpc) is 2.50. The van der Waals surface area contributed by atoms with Crippen LogP contribution >= 0.6 is 0 Å². The van der Waals surface area contributed by atoms with Crippen molar-refractivity contribution in [1.82, 2.24) is 5.32 Å². The molecule has 126 valence electrons. The maximum absolute atomic E-state index is 13.1. The Morgan fingerprint density at radius 2 is 1.91 bits per heavy atom. The lowest BCUT2D eigenvalue weighted by atomic mass is 10.1. The van der Waals surface area contributed by atoms with Gasteiger partial charge in [0.2, 0.25) is 0 Å². The summed E-state index contributed by atoms with van der Waals surface area (Å²) in [5, 5.41) is 13.2. The Hall–Kier alpha value is -0.980. The van der Waals surface area contributed by atoms with Crippen molar-refractivity contribution >= 4 is 9.84 Å². The molecule has 0 aliphatic carbocycles. The predicted octanol–water partition coefficient (Wildman–Crippen LogP) is 2.63. The number of aliphatic hydroxyl groups excluding tert-OH is 1. The second-order valence-corrected chi connectivity index (χ2v) is 7.68. The molecule has 22 heavy (non-hydrogen) atoms. The molecule has 0 fully saturated rings. The molecule has 0 aromatic heterocycles. The van der Waals surface area contributed by atoms with E-state index >= 15 is 0 Å². The first-order valence-electron chi connectivity index (χ1n) is 7.66. The van der Waals surface area contributed by atoms with Crippen molar-refractivity contribution in [2.75, 3.05) is 12.3 Å². The maximum Gasteiger partial charge on any atom is 0.178 e. The summed E-state index contributed by atoms with van der Waals surface area (Å²) in [6.07, 6.45) is -0.664. The maximum atomic E-state index is 13.1. The van der Waals surface area contributed by atoms with Gasteiger partial charge in [0.05, 0.1) is 16.8 Å². The Morgan fingerprint density at radius 1 is 1.27 bits per heavy atom. The normalized spacial score (nSPS) is 16.2. The molecule has 1 rings (SSSR count). The minimum absolute atomic E-state index is 0.0680. The van der Waals surface area contributed by atoms with E-state index in [9.17, 15) is 17.9 Å². The van der Waals surface area contributed by atoms with Crippen molar-refractivity contribution < 1.29 is 17.9 Å². The highest BCUT2D eigenvalue weighted by Gasteiger charge is 2.22. The van der Waals surface area contributed by atoms with E-state index in [0.717, 1.165) is 6.42 Å². The van der Waals surface area contributed by atoms with Gasteiger partial charge in [-0.3, -0.25) is 0 Å². The molecular weight excluding hydrogens is 305 g/mol. The van der Waals surface area contributed by atoms with E-state index in [1.165, 1.54) is 13.0 Å². The zero-order chi connectivity index (χ0) is 16.8. The van der Waals surface area contributed by atoms with Crippen LogP contribution < -0.4 is 5.32 Å². The average molecular weight is 331 g/mol. The monoisotopic (exact) mass is 331 g/mol. The van der Waals surface area contributed by atoms with E-state index in [0.29, 0.717) is 12.0 Å². The quantitative estimate of drug-likeness (QED) is 0.730. The Bertz CT molecular complexity index is 560. The standard InChI is InChI=1S/C16H26FNO3S/c1-4-5-10-22(20,21)16-9-7-6-8-14(16)15(19)11-18-13(3)12(2)17/h6-9,12-13,15,18-19H,4-5,10-11H2,1-3H3. The second-order valence-electron chi connectivity index (χ2n) is 5.60. The smallest absolute Gasteiger partial charge is 0.178 e. The topological polar surface area (TPSA) is 66.4 Å². The Kier molecular flexibility index (Phi) is 7.45. The fraction of sp³-hybridized carbons (Fsp3) is 0.625. The third kappa shape index (κ3) is 5.34. The van der Waals surface area contributed by atoms with Gasteiger partial charge in [-0.1, -0.05) is 31.5 Å². The van der Waals surface area contributed by atoms with Crippen molar-refractivity contribution in [2.45, 2.75) is 56.8 Å². The summed E-state index contributed by atoms with van der Waals surface area (Å²) in [7, 11) is -3.41. The molecule has 0 saturated carbocycles. The Labute approximate surface area is 132 Å². The molecule has 1 aromatic rings. The van der Waals surface area contributed by atoms with E-state index in [1.54, 1.807) is 25.1 Å². The summed E-state index contributed by atoms with van der Waals surface area (Å²) < 4.78 is 37.9. The van der Waals surface area contributed by atoms with Crippen molar-refractivity contribution in [1.29, 1.82) is 0 Å². The lowest BCUT2D eigenvalue weighted by molar-refractivity contribution is 0.158. The molecule has 0 aliphatic rings. The van der Waals surface area contributed by atoms with Gasteiger partial charge >= 0.3 is 0 Å². The SMILES string of the molecule is CCCCS(=O)(=O)c1ccccc1C(O)CNC(C)C(C)F. The van der Waals surface area contributed by atoms with Gasteiger partial charge in [0.15, 0.2) is 9.84 Å². The largest absolute Gasteiger partial charge is 0.387 e. The summed E-state index contributed by atoms with van der Waals surface area (Å²) in [6, 6.07) is 6.06. The third-order valence-corrected chi connectivity index (χ3v) is 5.57. The molecule has 0 radical (unpaired) electrons. The van der Waals surface area contributed by atoms with Crippen LogP contribution in [0.3, 0.4) is 0 Å². The molecule has 0 heterocycles. The summed E-state index contributed by atoms with van der Waals surface area (Å²) in [6.45, 7) is 5.16. The Morgan fingerprint density at radius 3 is 2.50 bits per heavy atom.